The van der Waals surface area contributed by atoms with Crippen molar-refractivity contribution in [1.29, 1.82) is 0 Å². The second-order valence-electron chi connectivity index (χ2n) is 6.58. The van der Waals surface area contributed by atoms with E-state index in [0.29, 0.717) is 6.04 Å². The van der Waals surface area contributed by atoms with E-state index in [1.165, 1.54) is 58.0 Å². The lowest BCUT2D eigenvalue weighted by Gasteiger charge is -2.29. The molecule has 1 atom stereocenters. The summed E-state index contributed by atoms with van der Waals surface area (Å²) in [6.45, 7) is 8.05. The zero-order valence-electron chi connectivity index (χ0n) is 14.6. The highest BCUT2D eigenvalue weighted by Crippen LogP contribution is 2.18. The lowest BCUT2D eigenvalue weighted by atomic mass is 9.94. The van der Waals surface area contributed by atoms with Gasteiger partial charge in [0.1, 0.15) is 0 Å². The molecule has 2 N–H and O–H groups in total. The Kier molecular flexibility index (Phi) is 9.48. The monoisotopic (exact) mass is 296 g/mol. The zero-order chi connectivity index (χ0) is 15.5. The number of nitrogens with one attached hydrogen (secondary N) is 2. The highest BCUT2D eigenvalue weighted by atomic mass is 15.2. The topological polar surface area (TPSA) is 39.7 Å². The molecule has 0 aromatic carbocycles. The minimum absolute atomic E-state index is 0.506. The third-order valence-corrected chi connectivity index (χ3v) is 4.53. The minimum atomic E-state index is 0.506. The molecule has 1 saturated heterocycles. The van der Waals surface area contributed by atoms with E-state index in [0.717, 1.165) is 18.4 Å². The molecule has 1 rings (SSSR count). The molecule has 1 heterocycles. The van der Waals surface area contributed by atoms with E-state index in [4.69, 9.17) is 0 Å². The van der Waals surface area contributed by atoms with Crippen LogP contribution in [0, 0.1) is 5.92 Å². The van der Waals surface area contributed by atoms with Crippen LogP contribution in [0.15, 0.2) is 4.99 Å². The number of nitrogens with zero attached hydrogens (tertiary/aromatic N) is 2. The molecule has 21 heavy (non-hydrogen) atoms. The Labute approximate surface area is 131 Å². The van der Waals surface area contributed by atoms with Crippen molar-refractivity contribution in [2.45, 2.75) is 64.8 Å². The van der Waals surface area contributed by atoms with E-state index in [1.54, 1.807) is 0 Å². The van der Waals surface area contributed by atoms with Gasteiger partial charge in [-0.05, 0) is 58.7 Å². The summed E-state index contributed by atoms with van der Waals surface area (Å²) in [6.07, 6.45) is 9.10. The van der Waals surface area contributed by atoms with Gasteiger partial charge >= 0.3 is 0 Å². The summed E-state index contributed by atoms with van der Waals surface area (Å²) in [5.74, 6) is 1.85. The van der Waals surface area contributed by atoms with Crippen LogP contribution in [0.25, 0.3) is 0 Å². The first-order chi connectivity index (χ1) is 10.2. The average Bonchev–Trinajstić information content (AvgIpc) is 2.48. The largest absolute Gasteiger partial charge is 0.356 e. The lowest BCUT2D eigenvalue weighted by molar-refractivity contribution is 0.213. The van der Waals surface area contributed by atoms with Crippen LogP contribution >= 0.6 is 0 Å². The van der Waals surface area contributed by atoms with Crippen molar-refractivity contribution in [1.82, 2.24) is 15.5 Å². The molecule has 1 unspecified atom stereocenters. The maximum atomic E-state index is 4.34. The van der Waals surface area contributed by atoms with Gasteiger partial charge in [0.25, 0.3) is 0 Å². The summed E-state index contributed by atoms with van der Waals surface area (Å²) in [6, 6.07) is 0.506. The normalized spacial score (nSPS) is 19.5. The van der Waals surface area contributed by atoms with Crippen LogP contribution in [0.1, 0.15) is 58.8 Å². The van der Waals surface area contributed by atoms with Crippen LogP contribution < -0.4 is 10.6 Å². The number of piperidine rings is 1. The maximum Gasteiger partial charge on any atom is 0.191 e. The van der Waals surface area contributed by atoms with Gasteiger partial charge < -0.3 is 15.5 Å². The molecule has 4 nitrogen and oxygen atoms in total. The third-order valence-electron chi connectivity index (χ3n) is 4.53. The van der Waals surface area contributed by atoms with Gasteiger partial charge in [-0.3, -0.25) is 4.99 Å². The minimum Gasteiger partial charge on any atom is -0.356 e. The first-order valence-electron chi connectivity index (χ1n) is 8.81. The zero-order valence-corrected chi connectivity index (χ0v) is 14.6. The molecular formula is C17H36N4. The number of aliphatic imine (C=N–C) groups is 1. The van der Waals surface area contributed by atoms with Crippen molar-refractivity contribution in [3.63, 3.8) is 0 Å². The van der Waals surface area contributed by atoms with E-state index in [2.05, 4.69) is 41.4 Å². The number of hydrogen-bond acceptors (Lipinski definition) is 2. The molecule has 0 radical (unpaired) electrons. The smallest absolute Gasteiger partial charge is 0.191 e. The van der Waals surface area contributed by atoms with Gasteiger partial charge in [0.15, 0.2) is 5.96 Å². The van der Waals surface area contributed by atoms with Gasteiger partial charge in [-0.15, -0.1) is 0 Å². The Morgan fingerprint density at radius 1 is 1.29 bits per heavy atom. The summed E-state index contributed by atoms with van der Waals surface area (Å²) in [5.41, 5.74) is 0. The van der Waals surface area contributed by atoms with Crippen molar-refractivity contribution in [3.05, 3.63) is 0 Å². The molecule has 0 aliphatic carbocycles. The average molecular weight is 297 g/mol. The molecule has 1 fully saturated rings. The highest BCUT2D eigenvalue weighted by molar-refractivity contribution is 5.79. The van der Waals surface area contributed by atoms with Crippen molar-refractivity contribution in [2.24, 2.45) is 10.9 Å². The number of likely N-dealkylation sites (tertiary alicyclic amines) is 1. The van der Waals surface area contributed by atoms with Crippen LogP contribution in [0.5, 0.6) is 0 Å². The first-order valence-corrected chi connectivity index (χ1v) is 8.81. The number of guanidine groups is 1. The molecule has 4 heteroatoms. The number of unbranched alkanes of at least 4 members (excludes halogenated alkanes) is 2. The summed E-state index contributed by atoms with van der Waals surface area (Å²) < 4.78 is 0. The lowest BCUT2D eigenvalue weighted by Crippen LogP contribution is -2.43. The predicted octanol–water partition coefficient (Wildman–Crippen LogP) is 2.85. The fourth-order valence-corrected chi connectivity index (χ4v) is 2.95. The van der Waals surface area contributed by atoms with Crippen molar-refractivity contribution >= 4 is 5.96 Å². The summed E-state index contributed by atoms with van der Waals surface area (Å²) in [5, 5.41) is 6.98. The molecule has 0 saturated carbocycles. The molecule has 0 aromatic rings. The van der Waals surface area contributed by atoms with Crippen LogP contribution in [0.3, 0.4) is 0 Å². The predicted molar refractivity (Wildman–Crippen MR) is 92.9 cm³/mol. The Balaban J connectivity index is 2.13. The fraction of sp³-hybridized carbons (Fsp3) is 0.941. The third kappa shape index (κ3) is 8.30. The van der Waals surface area contributed by atoms with Gasteiger partial charge in [0.2, 0.25) is 0 Å². The van der Waals surface area contributed by atoms with Crippen LogP contribution in [0.2, 0.25) is 0 Å². The van der Waals surface area contributed by atoms with E-state index in [1.807, 2.05) is 7.05 Å². The van der Waals surface area contributed by atoms with Crippen molar-refractivity contribution < 1.29 is 0 Å². The van der Waals surface area contributed by atoms with Gasteiger partial charge in [-0.2, -0.15) is 0 Å². The highest BCUT2D eigenvalue weighted by Gasteiger charge is 2.16. The van der Waals surface area contributed by atoms with E-state index in [9.17, 15) is 0 Å². The Bertz CT molecular complexity index is 283. The number of hydrogen-bond donors (Lipinski definition) is 2. The molecule has 1 aliphatic heterocycles. The SMILES string of the molecule is CCCCCC(C)NC(=NC)NCCC1CCN(C)CC1. The first kappa shape index (κ1) is 18.3. The fourth-order valence-electron chi connectivity index (χ4n) is 2.95. The second-order valence-corrected chi connectivity index (χ2v) is 6.58. The quantitative estimate of drug-likeness (QED) is 0.411. The van der Waals surface area contributed by atoms with Gasteiger partial charge in [0.05, 0.1) is 0 Å². The van der Waals surface area contributed by atoms with Crippen molar-refractivity contribution in [3.8, 4) is 0 Å². The van der Waals surface area contributed by atoms with E-state index >= 15 is 0 Å². The maximum absolute atomic E-state index is 4.34. The molecule has 1 aliphatic rings. The van der Waals surface area contributed by atoms with Crippen molar-refractivity contribution in [2.75, 3.05) is 33.7 Å². The Morgan fingerprint density at radius 2 is 2.00 bits per heavy atom. The molecule has 0 bridgehead atoms. The van der Waals surface area contributed by atoms with E-state index in [-0.39, 0.29) is 0 Å². The Morgan fingerprint density at radius 3 is 2.62 bits per heavy atom. The van der Waals surface area contributed by atoms with Gasteiger partial charge in [-0.25, -0.2) is 0 Å². The van der Waals surface area contributed by atoms with Crippen LogP contribution in [0.4, 0.5) is 0 Å². The van der Waals surface area contributed by atoms with Crippen LogP contribution in [-0.4, -0.2) is 50.6 Å². The molecule has 0 aromatic heterocycles. The summed E-state index contributed by atoms with van der Waals surface area (Å²) >= 11 is 0. The van der Waals surface area contributed by atoms with Gasteiger partial charge in [0, 0.05) is 19.6 Å². The van der Waals surface area contributed by atoms with E-state index < -0.39 is 0 Å². The summed E-state index contributed by atoms with van der Waals surface area (Å²) in [7, 11) is 4.09. The molecular weight excluding hydrogens is 260 g/mol. The van der Waals surface area contributed by atoms with Crippen LogP contribution in [-0.2, 0) is 0 Å². The second kappa shape index (κ2) is 10.9. The Hall–Kier alpha value is -0.770. The molecule has 0 spiro atoms. The molecule has 0 amide bonds. The van der Waals surface area contributed by atoms with Gasteiger partial charge in [-0.1, -0.05) is 26.2 Å². The standard InChI is InChI=1S/C17H36N4/c1-5-6-7-8-15(2)20-17(18-3)19-12-9-16-10-13-21(4)14-11-16/h15-16H,5-14H2,1-4H3,(H2,18,19,20). The number of rotatable bonds is 8. The molecule has 124 valence electrons. The summed E-state index contributed by atoms with van der Waals surface area (Å²) in [4.78, 5) is 6.77.